The second-order valence-corrected chi connectivity index (χ2v) is 7.55. The number of amides is 1. The summed E-state index contributed by atoms with van der Waals surface area (Å²) in [5, 5.41) is 4.18. The van der Waals surface area contributed by atoms with Crippen molar-refractivity contribution in [3.8, 4) is 0 Å². The standard InChI is InChI=1S/C17H22N2OS/c1-17(7-3-2-4-8-17)11-19-16(20)15-10-12-9-13(18)5-6-14(12)21-15/h5-6,9-10H,2-4,7-8,11,18H2,1H3,(H,19,20). The van der Waals surface area contributed by atoms with Crippen LogP contribution in [0.25, 0.3) is 10.1 Å². The van der Waals surface area contributed by atoms with Crippen LogP contribution in [0.1, 0.15) is 48.7 Å². The van der Waals surface area contributed by atoms with Crippen LogP contribution in [0.3, 0.4) is 0 Å². The minimum Gasteiger partial charge on any atom is -0.399 e. The highest BCUT2D eigenvalue weighted by Crippen LogP contribution is 2.35. The Kier molecular flexibility index (Phi) is 3.89. The molecule has 3 nitrogen and oxygen atoms in total. The smallest absolute Gasteiger partial charge is 0.261 e. The van der Waals surface area contributed by atoms with Gasteiger partial charge in [-0.3, -0.25) is 4.79 Å². The first-order valence-corrected chi connectivity index (χ1v) is 8.45. The first-order chi connectivity index (χ1) is 10.1. The van der Waals surface area contributed by atoms with Crippen LogP contribution in [-0.2, 0) is 0 Å². The molecular weight excluding hydrogens is 280 g/mol. The van der Waals surface area contributed by atoms with E-state index >= 15 is 0 Å². The molecule has 1 fully saturated rings. The number of rotatable bonds is 3. The third-order valence-corrected chi connectivity index (χ3v) is 5.62. The lowest BCUT2D eigenvalue weighted by atomic mass is 9.76. The van der Waals surface area contributed by atoms with Crippen LogP contribution in [0.4, 0.5) is 5.69 Å². The van der Waals surface area contributed by atoms with Gasteiger partial charge in [-0.15, -0.1) is 11.3 Å². The number of anilines is 1. The monoisotopic (exact) mass is 302 g/mol. The molecule has 1 aromatic carbocycles. The fourth-order valence-electron chi connectivity index (χ4n) is 3.14. The van der Waals surface area contributed by atoms with E-state index in [-0.39, 0.29) is 11.3 Å². The topological polar surface area (TPSA) is 55.1 Å². The van der Waals surface area contributed by atoms with Crippen molar-refractivity contribution >= 4 is 33.0 Å². The number of carbonyl (C=O) groups excluding carboxylic acids is 1. The molecule has 1 aliphatic carbocycles. The molecule has 1 saturated carbocycles. The average Bonchev–Trinajstić information content (AvgIpc) is 2.88. The number of hydrogen-bond acceptors (Lipinski definition) is 3. The highest BCUT2D eigenvalue weighted by molar-refractivity contribution is 7.20. The molecule has 4 heteroatoms. The van der Waals surface area contributed by atoms with Crippen LogP contribution in [0.2, 0.25) is 0 Å². The Morgan fingerprint density at radius 1 is 1.29 bits per heavy atom. The number of benzene rings is 1. The van der Waals surface area contributed by atoms with E-state index in [9.17, 15) is 4.79 Å². The summed E-state index contributed by atoms with van der Waals surface area (Å²) in [4.78, 5) is 13.1. The maximum atomic E-state index is 12.4. The summed E-state index contributed by atoms with van der Waals surface area (Å²) in [5.41, 5.74) is 6.80. The van der Waals surface area contributed by atoms with Gasteiger partial charge in [-0.1, -0.05) is 26.2 Å². The molecule has 0 unspecified atom stereocenters. The van der Waals surface area contributed by atoms with Gasteiger partial charge in [-0.2, -0.15) is 0 Å². The number of fused-ring (bicyclic) bond motifs is 1. The van der Waals surface area contributed by atoms with E-state index in [0.29, 0.717) is 0 Å². The molecule has 1 aromatic heterocycles. The SMILES string of the molecule is CC1(CNC(=O)c2cc3cc(N)ccc3s2)CCCCC1. The molecule has 1 amide bonds. The van der Waals surface area contributed by atoms with Gasteiger partial charge in [0.1, 0.15) is 0 Å². The highest BCUT2D eigenvalue weighted by Gasteiger charge is 2.27. The molecule has 3 rings (SSSR count). The van der Waals surface area contributed by atoms with Gasteiger partial charge in [0, 0.05) is 16.9 Å². The largest absolute Gasteiger partial charge is 0.399 e. The number of nitrogens with two attached hydrogens (primary N) is 1. The molecule has 0 radical (unpaired) electrons. The van der Waals surface area contributed by atoms with E-state index in [4.69, 9.17) is 5.73 Å². The molecule has 1 heterocycles. The zero-order valence-electron chi connectivity index (χ0n) is 12.4. The van der Waals surface area contributed by atoms with Gasteiger partial charge in [0.05, 0.1) is 4.88 Å². The molecule has 0 atom stereocenters. The molecular formula is C17H22N2OS. The number of carbonyl (C=O) groups is 1. The van der Waals surface area contributed by atoms with Crippen molar-refractivity contribution in [1.82, 2.24) is 5.32 Å². The number of nitrogen functional groups attached to an aromatic ring is 1. The van der Waals surface area contributed by atoms with Crippen molar-refractivity contribution in [3.63, 3.8) is 0 Å². The Morgan fingerprint density at radius 3 is 2.81 bits per heavy atom. The Hall–Kier alpha value is -1.55. The Bertz CT molecular complexity index is 656. The van der Waals surface area contributed by atoms with E-state index in [2.05, 4.69) is 12.2 Å². The number of thiophene rings is 1. The van der Waals surface area contributed by atoms with Crippen molar-refractivity contribution in [1.29, 1.82) is 0 Å². The first kappa shape index (κ1) is 14.4. The minimum absolute atomic E-state index is 0.0431. The van der Waals surface area contributed by atoms with Crippen molar-refractivity contribution in [3.05, 3.63) is 29.1 Å². The van der Waals surface area contributed by atoms with Crippen LogP contribution >= 0.6 is 11.3 Å². The van der Waals surface area contributed by atoms with Gasteiger partial charge in [0.2, 0.25) is 0 Å². The van der Waals surface area contributed by atoms with Crippen molar-refractivity contribution in [2.45, 2.75) is 39.0 Å². The summed E-state index contributed by atoms with van der Waals surface area (Å²) in [6.07, 6.45) is 6.34. The first-order valence-electron chi connectivity index (χ1n) is 7.63. The summed E-state index contributed by atoms with van der Waals surface area (Å²) in [5.74, 6) is 0.0431. The summed E-state index contributed by atoms with van der Waals surface area (Å²) in [6.45, 7) is 3.07. The molecule has 2 aromatic rings. The van der Waals surface area contributed by atoms with Crippen molar-refractivity contribution in [2.24, 2.45) is 5.41 Å². The summed E-state index contributed by atoms with van der Waals surface area (Å²) in [6, 6.07) is 7.72. The maximum Gasteiger partial charge on any atom is 0.261 e. The fourth-order valence-corrected chi connectivity index (χ4v) is 4.10. The predicted octanol–water partition coefficient (Wildman–Crippen LogP) is 4.18. The third-order valence-electron chi connectivity index (χ3n) is 4.50. The third kappa shape index (κ3) is 3.21. The van der Waals surface area contributed by atoms with Gasteiger partial charge < -0.3 is 11.1 Å². The van der Waals surface area contributed by atoms with E-state index in [1.165, 1.54) is 43.4 Å². The molecule has 1 aliphatic rings. The maximum absolute atomic E-state index is 12.4. The lowest BCUT2D eigenvalue weighted by Gasteiger charge is -2.33. The van der Waals surface area contributed by atoms with Crippen LogP contribution in [0, 0.1) is 5.41 Å². The zero-order chi connectivity index (χ0) is 14.9. The minimum atomic E-state index is 0.0431. The van der Waals surface area contributed by atoms with Crippen LogP contribution in [0.15, 0.2) is 24.3 Å². The zero-order valence-corrected chi connectivity index (χ0v) is 13.3. The number of nitrogens with one attached hydrogen (secondary N) is 1. The molecule has 3 N–H and O–H groups in total. The molecule has 0 bridgehead atoms. The van der Waals surface area contributed by atoms with Crippen molar-refractivity contribution in [2.75, 3.05) is 12.3 Å². The molecule has 0 spiro atoms. The summed E-state index contributed by atoms with van der Waals surface area (Å²) in [7, 11) is 0. The average molecular weight is 302 g/mol. The highest BCUT2D eigenvalue weighted by atomic mass is 32.1. The van der Waals surface area contributed by atoms with Crippen LogP contribution in [-0.4, -0.2) is 12.5 Å². The second-order valence-electron chi connectivity index (χ2n) is 6.46. The fraction of sp³-hybridized carbons (Fsp3) is 0.471. The molecule has 112 valence electrons. The van der Waals surface area contributed by atoms with Gasteiger partial charge in [0.25, 0.3) is 5.91 Å². The quantitative estimate of drug-likeness (QED) is 0.836. The van der Waals surface area contributed by atoms with Gasteiger partial charge >= 0.3 is 0 Å². The van der Waals surface area contributed by atoms with Crippen LogP contribution in [0.5, 0.6) is 0 Å². The Balaban J connectivity index is 1.69. The lowest BCUT2D eigenvalue weighted by Crippen LogP contribution is -2.36. The Labute approximate surface area is 129 Å². The molecule has 0 saturated heterocycles. The lowest BCUT2D eigenvalue weighted by molar-refractivity contribution is 0.0923. The van der Waals surface area contributed by atoms with Crippen molar-refractivity contribution < 1.29 is 4.79 Å². The van der Waals surface area contributed by atoms with Gasteiger partial charge in [0.15, 0.2) is 0 Å². The normalized spacial score (nSPS) is 17.8. The predicted molar refractivity (Wildman–Crippen MR) is 89.8 cm³/mol. The van der Waals surface area contributed by atoms with E-state index in [0.717, 1.165) is 27.2 Å². The van der Waals surface area contributed by atoms with E-state index < -0.39 is 0 Å². The number of hydrogen-bond donors (Lipinski definition) is 2. The van der Waals surface area contributed by atoms with Gasteiger partial charge in [-0.25, -0.2) is 0 Å². The van der Waals surface area contributed by atoms with Crippen LogP contribution < -0.4 is 11.1 Å². The van der Waals surface area contributed by atoms with Gasteiger partial charge in [-0.05, 0) is 47.9 Å². The second kappa shape index (κ2) is 5.68. The molecule has 0 aliphatic heterocycles. The van der Waals surface area contributed by atoms with E-state index in [1.807, 2.05) is 24.3 Å². The molecule has 21 heavy (non-hydrogen) atoms. The summed E-state index contributed by atoms with van der Waals surface area (Å²) < 4.78 is 1.11. The van der Waals surface area contributed by atoms with E-state index in [1.54, 1.807) is 0 Å². The summed E-state index contributed by atoms with van der Waals surface area (Å²) >= 11 is 1.53. The Morgan fingerprint density at radius 2 is 2.05 bits per heavy atom.